The minimum Gasteiger partial charge on any atom is -0.289 e. The van der Waals surface area contributed by atoms with Crippen molar-refractivity contribution in [2.45, 2.75) is 0 Å². The number of halogens is 2. The van der Waals surface area contributed by atoms with E-state index in [-0.39, 0.29) is 5.43 Å². The minimum atomic E-state index is 0.00733. The maximum atomic E-state index is 12.3. The highest BCUT2D eigenvalue weighted by molar-refractivity contribution is 7.25. The molecule has 84 valence electrons. The molecular weight excluding hydrogens is 275 g/mol. The van der Waals surface area contributed by atoms with Crippen molar-refractivity contribution < 1.29 is 0 Å². The first-order valence-electron chi connectivity index (χ1n) is 4.98. The summed E-state index contributed by atoms with van der Waals surface area (Å²) in [7, 11) is 0. The minimum absolute atomic E-state index is 0.00733. The van der Waals surface area contributed by atoms with Crippen LogP contribution in [0.2, 0.25) is 10.0 Å². The van der Waals surface area contributed by atoms with Gasteiger partial charge in [0, 0.05) is 15.5 Å². The Bertz CT molecular complexity index is 792. The summed E-state index contributed by atoms with van der Waals surface area (Å²) in [5, 5.41) is 2.29. The zero-order valence-electron chi connectivity index (χ0n) is 8.54. The van der Waals surface area contributed by atoms with Gasteiger partial charge in [0.15, 0.2) is 5.43 Å². The second kappa shape index (κ2) is 3.98. The molecule has 1 heterocycles. The van der Waals surface area contributed by atoms with Crippen LogP contribution in [-0.2, 0) is 0 Å². The van der Waals surface area contributed by atoms with Crippen LogP contribution in [0.3, 0.4) is 0 Å². The summed E-state index contributed by atoms with van der Waals surface area (Å²) < 4.78 is 1.68. The molecule has 1 nitrogen and oxygen atoms in total. The van der Waals surface area contributed by atoms with Crippen molar-refractivity contribution in [1.29, 1.82) is 0 Å². The van der Waals surface area contributed by atoms with E-state index >= 15 is 0 Å². The lowest BCUT2D eigenvalue weighted by Gasteiger charge is -2.03. The van der Waals surface area contributed by atoms with Crippen LogP contribution in [0, 0.1) is 0 Å². The van der Waals surface area contributed by atoms with Crippen LogP contribution < -0.4 is 5.43 Å². The van der Waals surface area contributed by atoms with Gasteiger partial charge in [-0.05, 0) is 24.3 Å². The Hall–Kier alpha value is -1.09. The van der Waals surface area contributed by atoms with Gasteiger partial charge in [-0.3, -0.25) is 4.79 Å². The van der Waals surface area contributed by atoms with Gasteiger partial charge in [0.25, 0.3) is 0 Å². The molecule has 0 atom stereocenters. The van der Waals surface area contributed by atoms with Crippen LogP contribution in [0.15, 0.2) is 41.2 Å². The third kappa shape index (κ3) is 1.64. The van der Waals surface area contributed by atoms with E-state index in [0.717, 1.165) is 14.8 Å². The van der Waals surface area contributed by atoms with E-state index in [4.69, 9.17) is 23.2 Å². The summed E-state index contributed by atoms with van der Waals surface area (Å²) >= 11 is 13.6. The van der Waals surface area contributed by atoms with Gasteiger partial charge in [0.2, 0.25) is 0 Å². The smallest absolute Gasteiger partial charge is 0.195 e. The zero-order chi connectivity index (χ0) is 12.0. The molecule has 0 unspecified atom stereocenters. The highest BCUT2D eigenvalue weighted by Gasteiger charge is 2.10. The van der Waals surface area contributed by atoms with Crippen molar-refractivity contribution in [3.8, 4) is 0 Å². The van der Waals surface area contributed by atoms with Gasteiger partial charge in [-0.1, -0.05) is 35.3 Å². The van der Waals surface area contributed by atoms with Crippen molar-refractivity contribution in [3.63, 3.8) is 0 Å². The molecule has 0 spiro atoms. The van der Waals surface area contributed by atoms with Crippen molar-refractivity contribution >= 4 is 54.7 Å². The second-order valence-corrected chi connectivity index (χ2v) is 5.50. The fourth-order valence-corrected chi connectivity index (χ4v) is 3.41. The molecule has 0 aliphatic rings. The molecule has 17 heavy (non-hydrogen) atoms. The average molecular weight is 281 g/mol. The first-order valence-corrected chi connectivity index (χ1v) is 6.55. The molecule has 0 bridgehead atoms. The van der Waals surface area contributed by atoms with Gasteiger partial charge in [-0.2, -0.15) is 0 Å². The number of fused-ring (bicyclic) bond motifs is 2. The molecule has 0 fully saturated rings. The molecular formula is C13H6Cl2OS. The second-order valence-electron chi connectivity index (χ2n) is 3.67. The lowest BCUT2D eigenvalue weighted by molar-refractivity contribution is 1.74. The summed E-state index contributed by atoms with van der Waals surface area (Å²) in [6.45, 7) is 0. The first-order chi connectivity index (χ1) is 8.18. The molecule has 3 aromatic rings. The molecule has 0 aliphatic heterocycles. The number of rotatable bonds is 0. The fourth-order valence-electron chi connectivity index (χ4n) is 1.81. The van der Waals surface area contributed by atoms with Crippen LogP contribution in [0.5, 0.6) is 0 Å². The topological polar surface area (TPSA) is 17.1 Å². The van der Waals surface area contributed by atoms with Crippen LogP contribution in [-0.4, -0.2) is 0 Å². The predicted octanol–water partition coefficient (Wildman–Crippen LogP) is 4.72. The molecule has 0 amide bonds. The fraction of sp³-hybridized carbons (Fsp3) is 0. The zero-order valence-corrected chi connectivity index (χ0v) is 10.9. The SMILES string of the molecule is O=c1c2ccccc2sc2c(Cl)c(Cl)ccc12. The maximum absolute atomic E-state index is 12.3. The van der Waals surface area contributed by atoms with Crippen LogP contribution in [0.25, 0.3) is 20.2 Å². The van der Waals surface area contributed by atoms with E-state index in [2.05, 4.69) is 0 Å². The Morgan fingerprint density at radius 2 is 1.71 bits per heavy atom. The highest BCUT2D eigenvalue weighted by atomic mass is 35.5. The normalized spacial score (nSPS) is 11.2. The Balaban J connectivity index is 2.64. The van der Waals surface area contributed by atoms with E-state index < -0.39 is 0 Å². The Kier molecular flexibility index (Phi) is 2.58. The van der Waals surface area contributed by atoms with Gasteiger partial charge >= 0.3 is 0 Å². The molecule has 0 radical (unpaired) electrons. The van der Waals surface area contributed by atoms with Gasteiger partial charge in [0.05, 0.1) is 14.7 Å². The van der Waals surface area contributed by atoms with Gasteiger partial charge in [-0.25, -0.2) is 0 Å². The number of benzene rings is 2. The lowest BCUT2D eigenvalue weighted by Crippen LogP contribution is -2.00. The largest absolute Gasteiger partial charge is 0.289 e. The molecule has 2 aromatic carbocycles. The standard InChI is InChI=1S/C13H6Cl2OS/c14-9-6-5-8-12(16)7-3-1-2-4-10(7)17-13(8)11(9)15/h1-6H. The first kappa shape index (κ1) is 11.0. The monoisotopic (exact) mass is 280 g/mol. The van der Waals surface area contributed by atoms with Crippen LogP contribution in [0.1, 0.15) is 0 Å². The van der Waals surface area contributed by atoms with E-state index in [9.17, 15) is 4.79 Å². The number of hydrogen-bond donors (Lipinski definition) is 0. The van der Waals surface area contributed by atoms with E-state index in [1.54, 1.807) is 12.1 Å². The lowest BCUT2D eigenvalue weighted by atomic mass is 10.2. The third-order valence-corrected chi connectivity index (χ3v) is 4.76. The van der Waals surface area contributed by atoms with Gasteiger partial charge in [0.1, 0.15) is 0 Å². The Morgan fingerprint density at radius 1 is 0.941 bits per heavy atom. The average Bonchev–Trinajstić information content (AvgIpc) is 2.35. The van der Waals surface area contributed by atoms with E-state index in [0.29, 0.717) is 15.4 Å². The van der Waals surface area contributed by atoms with Crippen molar-refractivity contribution in [3.05, 3.63) is 56.7 Å². The molecule has 0 aliphatic carbocycles. The van der Waals surface area contributed by atoms with Crippen LogP contribution in [0.4, 0.5) is 0 Å². The maximum Gasteiger partial charge on any atom is 0.195 e. The highest BCUT2D eigenvalue weighted by Crippen LogP contribution is 2.34. The van der Waals surface area contributed by atoms with Crippen molar-refractivity contribution in [2.75, 3.05) is 0 Å². The van der Waals surface area contributed by atoms with E-state index in [1.807, 2.05) is 24.3 Å². The predicted molar refractivity (Wildman–Crippen MR) is 75.6 cm³/mol. The third-order valence-electron chi connectivity index (χ3n) is 2.64. The molecule has 0 N–H and O–H groups in total. The molecule has 1 aromatic heterocycles. The molecule has 0 saturated heterocycles. The summed E-state index contributed by atoms with van der Waals surface area (Å²) in [6.07, 6.45) is 0. The molecule has 0 saturated carbocycles. The quantitative estimate of drug-likeness (QED) is 0.545. The summed E-state index contributed by atoms with van der Waals surface area (Å²) in [5.41, 5.74) is 0.00733. The van der Waals surface area contributed by atoms with E-state index in [1.165, 1.54) is 11.3 Å². The summed E-state index contributed by atoms with van der Waals surface area (Å²) in [5.74, 6) is 0. The number of hydrogen-bond acceptors (Lipinski definition) is 2. The van der Waals surface area contributed by atoms with Crippen molar-refractivity contribution in [2.24, 2.45) is 0 Å². The van der Waals surface area contributed by atoms with Crippen LogP contribution >= 0.6 is 34.5 Å². The summed E-state index contributed by atoms with van der Waals surface area (Å²) in [4.78, 5) is 12.3. The summed E-state index contributed by atoms with van der Waals surface area (Å²) in [6, 6.07) is 10.9. The van der Waals surface area contributed by atoms with Gasteiger partial charge < -0.3 is 0 Å². The van der Waals surface area contributed by atoms with Gasteiger partial charge in [-0.15, -0.1) is 11.3 Å². The Labute approximate surface area is 111 Å². The Morgan fingerprint density at radius 3 is 2.53 bits per heavy atom. The van der Waals surface area contributed by atoms with Crippen molar-refractivity contribution in [1.82, 2.24) is 0 Å². The molecule has 3 rings (SSSR count). The molecule has 4 heteroatoms.